The molecule has 2 heteroatoms. The molecule has 0 fully saturated rings. The molecule has 54 valence electrons. The highest BCUT2D eigenvalue weighted by atomic mass is 16.1. The Balaban J connectivity index is 3.03. The predicted molar refractivity (Wildman–Crippen MR) is 43.7 cm³/mol. The second kappa shape index (κ2) is 2.23. The van der Waals surface area contributed by atoms with Gasteiger partial charge in [0, 0.05) is 22.7 Å². The minimum absolute atomic E-state index is 0.154. The van der Waals surface area contributed by atoms with Gasteiger partial charge in [-0.15, -0.1) is 0 Å². The summed E-state index contributed by atoms with van der Waals surface area (Å²) in [5, 5.41) is 0.246. The van der Waals surface area contributed by atoms with E-state index < -0.39 is 0 Å². The first-order chi connectivity index (χ1) is 7.07. The molecule has 0 aliphatic rings. The average molecular weight is 149 g/mol. The lowest BCUT2D eigenvalue weighted by Crippen LogP contribution is -1.72. The minimum Gasteiger partial charge on any atom is -0.360 e. The number of fused-ring (bicyclic) bond motifs is 1. The van der Waals surface area contributed by atoms with Crippen LogP contribution in [0.4, 0.5) is 0 Å². The number of benzene rings is 1. The number of rotatable bonds is 1. The van der Waals surface area contributed by atoms with Crippen LogP contribution in [0.1, 0.15) is 15.8 Å². The highest BCUT2D eigenvalue weighted by Gasteiger charge is 1.98. The maximum atomic E-state index is 10.7. The van der Waals surface area contributed by atoms with Crippen molar-refractivity contribution in [1.82, 2.24) is 4.98 Å². The van der Waals surface area contributed by atoms with Crippen molar-refractivity contribution < 1.29 is 10.3 Å². The summed E-state index contributed by atoms with van der Waals surface area (Å²) in [6.07, 6.45) is 1.95. The Bertz CT molecular complexity index is 561. The molecule has 0 saturated carbocycles. The topological polar surface area (TPSA) is 32.9 Å². The van der Waals surface area contributed by atoms with Gasteiger partial charge in [-0.25, -0.2) is 0 Å². The van der Waals surface area contributed by atoms with Crippen LogP contribution in [0.15, 0.2) is 30.4 Å². The van der Waals surface area contributed by atoms with Gasteiger partial charge in [-0.05, 0) is 6.04 Å². The molecule has 2 rings (SSSR count). The third-order valence-electron chi connectivity index (χ3n) is 1.48. The van der Waals surface area contributed by atoms with Gasteiger partial charge >= 0.3 is 0 Å². The van der Waals surface area contributed by atoms with Crippen LogP contribution in [-0.4, -0.2) is 11.3 Å². The number of aromatic nitrogens is 1. The highest BCUT2D eigenvalue weighted by molar-refractivity contribution is 5.96. The first-order valence-electron chi connectivity index (χ1n) is 5.10. The third-order valence-corrected chi connectivity index (χ3v) is 1.48. The molecule has 11 heavy (non-hydrogen) atoms. The molecule has 0 atom stereocenters. The molecular formula is C9H7NO. The Hall–Kier alpha value is -1.57. The normalized spacial score (nSPS) is 15.3. The molecule has 2 nitrogen and oxygen atoms in total. The number of carbonyl (C=O) groups excluding carboxylic acids is 1. The fourth-order valence-electron chi connectivity index (χ4n) is 0.952. The lowest BCUT2D eigenvalue weighted by Gasteiger charge is -1.86. The van der Waals surface area contributed by atoms with E-state index in [9.17, 15) is 4.79 Å². The van der Waals surface area contributed by atoms with Crippen molar-refractivity contribution in [2.24, 2.45) is 0 Å². The van der Waals surface area contributed by atoms with Crippen molar-refractivity contribution in [2.75, 3.05) is 0 Å². The van der Waals surface area contributed by atoms with Crippen LogP contribution < -0.4 is 0 Å². The Morgan fingerprint density at radius 3 is 3.09 bits per heavy atom. The second-order valence-corrected chi connectivity index (χ2v) is 2.11. The molecule has 0 unspecified atom stereocenters. The summed E-state index contributed by atoms with van der Waals surface area (Å²) in [6.45, 7) is 0. The zero-order valence-corrected chi connectivity index (χ0v) is 5.56. The fourth-order valence-corrected chi connectivity index (χ4v) is 0.952. The Labute approximate surface area is 69.5 Å². The van der Waals surface area contributed by atoms with E-state index in [1.54, 1.807) is 0 Å². The molecule has 0 saturated heterocycles. The van der Waals surface area contributed by atoms with E-state index in [0.29, 0.717) is 6.29 Å². The highest BCUT2D eigenvalue weighted by Crippen LogP contribution is 2.14. The van der Waals surface area contributed by atoms with Crippen molar-refractivity contribution in [3.8, 4) is 0 Å². The van der Waals surface area contributed by atoms with Gasteiger partial charge in [0.1, 0.15) is 0 Å². The molecule has 0 radical (unpaired) electrons. The van der Waals surface area contributed by atoms with Gasteiger partial charge in [0.05, 0.1) is 5.48 Å². The van der Waals surface area contributed by atoms with Crippen LogP contribution in [-0.2, 0) is 0 Å². The quantitative estimate of drug-likeness (QED) is 0.618. The van der Waals surface area contributed by atoms with E-state index in [2.05, 4.69) is 4.98 Å². The molecule has 0 aliphatic heterocycles. The van der Waals surface area contributed by atoms with Gasteiger partial charge in [-0.1, -0.05) is 18.1 Å². The standard InChI is InChI=1S/C9H7NO/c11-6-7-5-10-9-4-2-1-3-8(7)9/h1-6,10H/i1D,2D,3D,4D. The number of hydrogen-bond acceptors (Lipinski definition) is 1. The minimum atomic E-state index is -0.324. The summed E-state index contributed by atoms with van der Waals surface area (Å²) in [4.78, 5) is 13.3. The molecule has 1 N–H and O–H groups in total. The van der Waals surface area contributed by atoms with E-state index in [0.717, 1.165) is 0 Å². The summed E-state index contributed by atoms with van der Waals surface area (Å²) < 4.78 is 30.1. The van der Waals surface area contributed by atoms with E-state index >= 15 is 0 Å². The number of para-hydroxylation sites is 1. The number of carbonyl (C=O) groups is 1. The number of aromatic amines is 1. The zero-order chi connectivity index (χ0) is 11.2. The molecular weight excluding hydrogens is 138 g/mol. The molecule has 1 aromatic heterocycles. The van der Waals surface area contributed by atoms with Crippen LogP contribution in [0.3, 0.4) is 0 Å². The van der Waals surface area contributed by atoms with E-state index in [1.165, 1.54) is 6.20 Å². The largest absolute Gasteiger partial charge is 0.360 e. The molecule has 0 aliphatic carbocycles. The van der Waals surface area contributed by atoms with Gasteiger partial charge in [-0.2, -0.15) is 0 Å². The summed E-state index contributed by atoms with van der Waals surface area (Å²) in [6, 6.07) is -0.963. The van der Waals surface area contributed by atoms with Crippen LogP contribution in [0.2, 0.25) is 0 Å². The van der Waals surface area contributed by atoms with E-state index in [4.69, 9.17) is 5.48 Å². The smallest absolute Gasteiger partial charge is 0.152 e. The lowest BCUT2D eigenvalue weighted by molar-refractivity contribution is 0.112. The molecule has 1 heterocycles. The summed E-state index contributed by atoms with van der Waals surface area (Å²) in [5.74, 6) is 0. The van der Waals surface area contributed by atoms with Crippen molar-refractivity contribution in [3.63, 3.8) is 0 Å². The van der Waals surface area contributed by atoms with Crippen molar-refractivity contribution in [3.05, 3.63) is 35.9 Å². The van der Waals surface area contributed by atoms with Gasteiger partial charge in [0.25, 0.3) is 0 Å². The Morgan fingerprint density at radius 2 is 2.27 bits per heavy atom. The average Bonchev–Trinajstić information content (AvgIpc) is 2.67. The molecule has 2 aromatic rings. The van der Waals surface area contributed by atoms with Gasteiger partial charge in [0.15, 0.2) is 6.29 Å². The number of H-pyrrole nitrogens is 1. The molecule has 0 spiro atoms. The van der Waals surface area contributed by atoms with Crippen molar-refractivity contribution in [1.29, 1.82) is 0 Å². The van der Waals surface area contributed by atoms with Crippen molar-refractivity contribution in [2.45, 2.75) is 0 Å². The van der Waals surface area contributed by atoms with E-state index in [1.807, 2.05) is 0 Å². The lowest BCUT2D eigenvalue weighted by atomic mass is 10.2. The molecule has 0 bridgehead atoms. The van der Waals surface area contributed by atoms with E-state index in [-0.39, 0.29) is 40.6 Å². The fraction of sp³-hybridized carbons (Fsp3) is 0. The van der Waals surface area contributed by atoms with Crippen LogP contribution in [0.25, 0.3) is 10.9 Å². The maximum absolute atomic E-state index is 10.7. The van der Waals surface area contributed by atoms with Crippen LogP contribution in [0.5, 0.6) is 0 Å². The van der Waals surface area contributed by atoms with Gasteiger partial charge < -0.3 is 4.98 Å². The third kappa shape index (κ3) is 0.835. The van der Waals surface area contributed by atoms with Crippen molar-refractivity contribution >= 4 is 17.2 Å². The summed E-state index contributed by atoms with van der Waals surface area (Å²) in [5.41, 5.74) is 0.514. The van der Waals surface area contributed by atoms with Gasteiger partial charge in [0.2, 0.25) is 0 Å². The first kappa shape index (κ1) is 3.22. The van der Waals surface area contributed by atoms with Gasteiger partial charge in [-0.3, -0.25) is 4.79 Å². The summed E-state index contributed by atoms with van der Waals surface area (Å²) in [7, 11) is 0. The Morgan fingerprint density at radius 1 is 1.45 bits per heavy atom. The number of aldehydes is 1. The monoisotopic (exact) mass is 149 g/mol. The first-order valence-corrected chi connectivity index (χ1v) is 3.10. The number of hydrogen-bond donors (Lipinski definition) is 1. The maximum Gasteiger partial charge on any atom is 0.152 e. The van der Waals surface area contributed by atoms with Crippen LogP contribution in [0, 0.1) is 0 Å². The number of nitrogens with one attached hydrogen (secondary N) is 1. The predicted octanol–water partition coefficient (Wildman–Crippen LogP) is 1.98. The molecule has 1 aromatic carbocycles. The SMILES string of the molecule is [2H]c1c([2H])c([2H])c2c(C=O)c[nH]c2c1[2H]. The second-order valence-electron chi connectivity index (χ2n) is 2.11. The van der Waals surface area contributed by atoms with Crippen LogP contribution >= 0.6 is 0 Å². The Kier molecular flexibility index (Phi) is 0.654. The zero-order valence-electron chi connectivity index (χ0n) is 9.56. The molecule has 0 amide bonds. The summed E-state index contributed by atoms with van der Waals surface area (Å²) >= 11 is 0.